The maximum Gasteiger partial charge on any atom is 0.0397 e. The minimum atomic E-state index is 0.544. The van der Waals surface area contributed by atoms with Gasteiger partial charge < -0.3 is 0 Å². The molecule has 0 aromatic heterocycles. The number of hydrogen-bond donors (Lipinski definition) is 0. The first-order valence-corrected chi connectivity index (χ1v) is 18.8. The van der Waals surface area contributed by atoms with E-state index in [0.29, 0.717) is 23.7 Å². The second kappa shape index (κ2) is 13.9. The highest BCUT2D eigenvalue weighted by atomic mass is 28.2. The van der Waals surface area contributed by atoms with Crippen LogP contribution in [0.3, 0.4) is 0 Å². The summed E-state index contributed by atoms with van der Waals surface area (Å²) in [4.78, 5) is 0. The van der Waals surface area contributed by atoms with E-state index in [9.17, 15) is 0 Å². The van der Waals surface area contributed by atoms with Crippen LogP contribution in [0.5, 0.6) is 0 Å². The van der Waals surface area contributed by atoms with Crippen molar-refractivity contribution < 1.29 is 0 Å². The lowest BCUT2D eigenvalue weighted by atomic mass is 9.86. The first kappa shape index (κ1) is 31.6. The van der Waals surface area contributed by atoms with E-state index in [0.717, 1.165) is 35.2 Å². The maximum atomic E-state index is 2.57. The number of rotatable bonds is 12. The highest BCUT2D eigenvalue weighted by molar-refractivity contribution is 6.36. The Kier molecular flexibility index (Phi) is 9.76. The molecule has 2 aliphatic carbocycles. The molecule has 0 aliphatic heterocycles. The first-order valence-electron chi connectivity index (χ1n) is 17.4. The van der Waals surface area contributed by atoms with Crippen molar-refractivity contribution in [3.05, 3.63) is 129 Å². The van der Waals surface area contributed by atoms with Gasteiger partial charge in [0.2, 0.25) is 0 Å². The lowest BCUT2D eigenvalue weighted by Crippen LogP contribution is -2.09. The van der Waals surface area contributed by atoms with Gasteiger partial charge >= 0.3 is 0 Å². The second-order valence-corrected chi connectivity index (χ2v) is 15.4. The fourth-order valence-corrected chi connectivity index (χ4v) is 9.62. The van der Waals surface area contributed by atoms with Gasteiger partial charge in [0.15, 0.2) is 0 Å². The molecule has 0 nitrogen and oxygen atoms in total. The molecule has 45 heavy (non-hydrogen) atoms. The Morgan fingerprint density at radius 1 is 0.533 bits per heavy atom. The molecule has 0 fully saturated rings. The summed E-state index contributed by atoms with van der Waals surface area (Å²) in [6.07, 6.45) is 9.64. The second-order valence-electron chi connectivity index (χ2n) is 14.0. The average Bonchev–Trinajstić information content (AvgIpc) is 3.58. The first-order chi connectivity index (χ1) is 21.9. The van der Waals surface area contributed by atoms with Crippen molar-refractivity contribution in [2.75, 3.05) is 0 Å². The van der Waals surface area contributed by atoms with Crippen molar-refractivity contribution in [1.82, 2.24) is 0 Å². The predicted molar refractivity (Wildman–Crippen MR) is 198 cm³/mol. The summed E-state index contributed by atoms with van der Waals surface area (Å²) in [6, 6.07) is 34.7. The Morgan fingerprint density at radius 3 is 1.29 bits per heavy atom. The third-order valence-electron chi connectivity index (χ3n) is 9.93. The number of fused-ring (bicyclic) bond motifs is 2. The van der Waals surface area contributed by atoms with Gasteiger partial charge in [0.25, 0.3) is 0 Å². The van der Waals surface area contributed by atoms with Crippen LogP contribution in [-0.2, 0) is 12.8 Å². The van der Waals surface area contributed by atoms with E-state index in [4.69, 9.17) is 0 Å². The van der Waals surface area contributed by atoms with Gasteiger partial charge in [-0.3, -0.25) is 0 Å². The molecule has 1 heteroatoms. The van der Waals surface area contributed by atoms with E-state index in [1.165, 1.54) is 56.6 Å². The molecular weight excluding hydrogens is 557 g/mol. The van der Waals surface area contributed by atoms with Gasteiger partial charge in [-0.25, -0.2) is 0 Å². The highest BCUT2D eigenvalue weighted by Crippen LogP contribution is 2.48. The molecule has 0 bridgehead atoms. The Morgan fingerprint density at radius 2 is 0.933 bits per heavy atom. The van der Waals surface area contributed by atoms with Gasteiger partial charge in [-0.05, 0) is 93.2 Å². The molecule has 230 valence electrons. The molecule has 2 unspecified atom stereocenters. The van der Waals surface area contributed by atoms with Crippen LogP contribution < -0.4 is 0 Å². The lowest BCUT2D eigenvalue weighted by molar-refractivity contribution is 0.647. The van der Waals surface area contributed by atoms with Crippen molar-refractivity contribution in [2.45, 2.75) is 91.1 Å². The summed E-state index contributed by atoms with van der Waals surface area (Å²) in [5.74, 6) is 2.36. The van der Waals surface area contributed by atoms with Crippen LogP contribution in [0.1, 0.15) is 99.6 Å². The summed E-state index contributed by atoms with van der Waals surface area (Å²) < 4.78 is 0. The van der Waals surface area contributed by atoms with Gasteiger partial charge in [0.05, 0.1) is 0 Å². The number of hydrogen-bond acceptors (Lipinski definition) is 0. The largest absolute Gasteiger partial charge is 0.0626 e. The number of allylic oxidation sites excluding steroid dienone is 2. The summed E-state index contributed by atoms with van der Waals surface area (Å²) in [5.41, 5.74) is 18.0. The van der Waals surface area contributed by atoms with Gasteiger partial charge in [-0.2, -0.15) is 0 Å². The summed E-state index contributed by atoms with van der Waals surface area (Å²) in [7, 11) is 0.934. The van der Waals surface area contributed by atoms with Crippen LogP contribution in [0.4, 0.5) is 0 Å². The van der Waals surface area contributed by atoms with Crippen LogP contribution in [0, 0.1) is 11.8 Å². The van der Waals surface area contributed by atoms with E-state index in [2.05, 4.69) is 139 Å². The van der Waals surface area contributed by atoms with Crippen molar-refractivity contribution in [1.29, 1.82) is 0 Å². The molecular formula is C44H50Si. The third-order valence-corrected chi connectivity index (χ3v) is 11.3. The average molecular weight is 607 g/mol. The molecule has 0 spiro atoms. The van der Waals surface area contributed by atoms with Crippen molar-refractivity contribution in [3.63, 3.8) is 0 Å². The molecule has 4 aromatic rings. The Bertz CT molecular complexity index is 1560. The molecule has 0 saturated carbocycles. The van der Waals surface area contributed by atoms with E-state index in [1.54, 1.807) is 22.3 Å². The fourth-order valence-electron chi connectivity index (χ4n) is 7.91. The van der Waals surface area contributed by atoms with Crippen LogP contribution in [0.2, 0.25) is 12.1 Å². The van der Waals surface area contributed by atoms with E-state index < -0.39 is 0 Å². The molecule has 4 aromatic carbocycles. The quantitative estimate of drug-likeness (QED) is 0.141. The minimum absolute atomic E-state index is 0.544. The maximum absolute atomic E-state index is 2.57. The van der Waals surface area contributed by atoms with Gasteiger partial charge in [0.1, 0.15) is 0 Å². The molecule has 0 saturated heterocycles. The van der Waals surface area contributed by atoms with Crippen molar-refractivity contribution in [2.24, 2.45) is 11.8 Å². The topological polar surface area (TPSA) is 0 Å². The smallest absolute Gasteiger partial charge is 0.0397 e. The summed E-state index contributed by atoms with van der Waals surface area (Å²) >= 11 is 0. The lowest BCUT2D eigenvalue weighted by Gasteiger charge is -2.22. The summed E-state index contributed by atoms with van der Waals surface area (Å²) in [6.45, 7) is 14.1. The standard InChI is InChI=1S/C44H50Si/c1-7-31-25-39-37(21-19-35(23-29(3)4)43(39)33-15-11-9-12-16-33)41(31)27-45-28-42-32(8-2)26-40-38(42)22-20-36(24-30(5)6)44(40)34-17-13-10-14-18-34/h9-22,25-26,29-30,41-42H,7-8,23-24,27-28H2,1-6H3. The van der Waals surface area contributed by atoms with Crippen LogP contribution >= 0.6 is 0 Å². The van der Waals surface area contributed by atoms with Crippen LogP contribution in [-0.4, -0.2) is 9.52 Å². The zero-order valence-electron chi connectivity index (χ0n) is 28.3. The Hall–Kier alpha value is -3.42. The van der Waals surface area contributed by atoms with Crippen LogP contribution in [0.25, 0.3) is 34.4 Å². The van der Waals surface area contributed by atoms with Gasteiger partial charge in [-0.15, -0.1) is 0 Å². The SMILES string of the molecule is CCC1=Cc2c(ccc(CC(C)C)c2-c2ccccc2)C1C[Si]CC1C(CC)=Cc2c1ccc(CC(C)C)c2-c1ccccc1. The molecule has 6 rings (SSSR count). The molecule has 2 aliphatic rings. The fraction of sp³-hybridized carbons (Fsp3) is 0.364. The molecule has 2 atom stereocenters. The van der Waals surface area contributed by atoms with E-state index >= 15 is 0 Å². The third kappa shape index (κ3) is 6.47. The molecule has 0 N–H and O–H groups in total. The van der Waals surface area contributed by atoms with E-state index in [-0.39, 0.29) is 0 Å². The monoisotopic (exact) mass is 606 g/mol. The zero-order chi connectivity index (χ0) is 31.5. The Balaban J connectivity index is 1.29. The Labute approximate surface area is 275 Å². The highest BCUT2D eigenvalue weighted by Gasteiger charge is 2.31. The van der Waals surface area contributed by atoms with Crippen molar-refractivity contribution in [3.8, 4) is 22.3 Å². The minimum Gasteiger partial charge on any atom is -0.0626 e. The molecule has 0 heterocycles. The van der Waals surface area contributed by atoms with Crippen molar-refractivity contribution >= 4 is 21.7 Å². The van der Waals surface area contributed by atoms with Crippen LogP contribution in [0.15, 0.2) is 96.1 Å². The zero-order valence-corrected chi connectivity index (χ0v) is 29.3. The normalized spacial score (nSPS) is 17.1. The van der Waals surface area contributed by atoms with Gasteiger partial charge in [0, 0.05) is 21.4 Å². The van der Waals surface area contributed by atoms with E-state index in [1.807, 2.05) is 0 Å². The molecule has 2 radical (unpaired) electrons. The van der Waals surface area contributed by atoms with Gasteiger partial charge in [-0.1, -0.05) is 162 Å². The predicted octanol–water partition coefficient (Wildman–Crippen LogP) is 12.4. The summed E-state index contributed by atoms with van der Waals surface area (Å²) in [5, 5.41) is 0. The number of benzene rings is 4. The molecule has 0 amide bonds.